The predicted molar refractivity (Wildman–Crippen MR) is 179 cm³/mol. The summed E-state index contributed by atoms with van der Waals surface area (Å²) < 4.78 is 0. The number of pyridine rings is 2. The van der Waals surface area contributed by atoms with Crippen LogP contribution in [0.15, 0.2) is 121 Å². The predicted octanol–water partition coefficient (Wildman–Crippen LogP) is 8.25. The molecule has 220 valence electrons. The Morgan fingerprint density at radius 1 is 0.605 bits per heavy atom. The number of hydrogen-bond donors (Lipinski definition) is 4. The minimum absolute atomic E-state index is 0.00398. The summed E-state index contributed by atoms with van der Waals surface area (Å²) in [4.78, 5) is 8.67. The Labute approximate surface area is 265 Å². The lowest BCUT2D eigenvalue weighted by molar-refractivity contribution is 0.268. The summed E-state index contributed by atoms with van der Waals surface area (Å²) >= 11 is 17.5. The second-order valence-corrected chi connectivity index (χ2v) is 10.8. The first-order valence-corrected chi connectivity index (χ1v) is 14.6. The van der Waals surface area contributed by atoms with E-state index < -0.39 is 0 Å². The number of halogens is 3. The molecule has 2 unspecified atom stereocenters. The van der Waals surface area contributed by atoms with E-state index in [-0.39, 0.29) is 25.3 Å². The van der Waals surface area contributed by atoms with E-state index in [2.05, 4.69) is 15.3 Å². The first kappa shape index (κ1) is 32.2. The number of nitrogens with one attached hydrogen (secondary N) is 1. The van der Waals surface area contributed by atoms with Gasteiger partial charge in [0.25, 0.3) is 0 Å². The third kappa shape index (κ3) is 9.63. The molecule has 0 saturated carbocycles. The smallest absolute Gasteiger partial charge is 0.129 e. The van der Waals surface area contributed by atoms with Crippen LogP contribution in [0.4, 0.5) is 5.82 Å². The van der Waals surface area contributed by atoms with Crippen LogP contribution in [-0.4, -0.2) is 33.4 Å². The highest BCUT2D eigenvalue weighted by atomic mass is 35.5. The van der Waals surface area contributed by atoms with Crippen molar-refractivity contribution in [2.45, 2.75) is 12.1 Å². The van der Waals surface area contributed by atoms with Crippen molar-refractivity contribution in [3.8, 4) is 0 Å². The second-order valence-electron chi connectivity index (χ2n) is 9.49. The van der Waals surface area contributed by atoms with E-state index in [1.165, 1.54) is 0 Å². The fraction of sp³-hybridized carbons (Fsp3) is 0.118. The monoisotopic (exact) mass is 632 g/mol. The molecule has 6 nitrogen and oxygen atoms in total. The first-order valence-electron chi connectivity index (χ1n) is 13.5. The molecule has 2 atom stereocenters. The van der Waals surface area contributed by atoms with E-state index in [1.54, 1.807) is 12.1 Å². The molecule has 0 aliphatic rings. The molecule has 6 aromatic rings. The summed E-state index contributed by atoms with van der Waals surface area (Å²) in [5, 5.41) is 25.4. The van der Waals surface area contributed by atoms with Crippen molar-refractivity contribution in [1.82, 2.24) is 9.97 Å². The van der Waals surface area contributed by atoms with Gasteiger partial charge >= 0.3 is 0 Å². The van der Waals surface area contributed by atoms with Crippen LogP contribution in [-0.2, 0) is 0 Å². The number of fused-ring (bicyclic) bond motifs is 2. The van der Waals surface area contributed by atoms with Gasteiger partial charge in [-0.2, -0.15) is 0 Å². The number of anilines is 1. The molecule has 0 spiro atoms. The number of aliphatic hydroxyl groups excluding tert-OH is 2. The number of aromatic nitrogens is 2. The highest BCUT2D eigenvalue weighted by Crippen LogP contribution is 2.23. The fourth-order valence-corrected chi connectivity index (χ4v) is 4.67. The van der Waals surface area contributed by atoms with Crippen molar-refractivity contribution in [1.29, 1.82) is 0 Å². The van der Waals surface area contributed by atoms with E-state index in [0.717, 1.165) is 38.8 Å². The fourth-order valence-electron chi connectivity index (χ4n) is 4.15. The van der Waals surface area contributed by atoms with E-state index in [4.69, 9.17) is 45.6 Å². The van der Waals surface area contributed by atoms with Gasteiger partial charge in [-0.15, -0.1) is 0 Å². The summed E-state index contributed by atoms with van der Waals surface area (Å²) in [6.07, 6.45) is 0. The van der Waals surface area contributed by atoms with Crippen molar-refractivity contribution in [2.24, 2.45) is 5.73 Å². The molecule has 9 heteroatoms. The van der Waals surface area contributed by atoms with Gasteiger partial charge in [0.2, 0.25) is 0 Å². The topological polar surface area (TPSA) is 104 Å². The van der Waals surface area contributed by atoms with Gasteiger partial charge in [-0.25, -0.2) is 9.97 Å². The molecular formula is C34H31Cl3N4O2. The van der Waals surface area contributed by atoms with Gasteiger partial charge in [0.15, 0.2) is 0 Å². The largest absolute Gasteiger partial charge is 0.394 e. The van der Waals surface area contributed by atoms with E-state index in [9.17, 15) is 5.11 Å². The van der Waals surface area contributed by atoms with Crippen LogP contribution >= 0.6 is 34.8 Å². The Kier molecular flexibility index (Phi) is 12.1. The van der Waals surface area contributed by atoms with Gasteiger partial charge in [0.05, 0.1) is 36.3 Å². The Bertz CT molecular complexity index is 1700. The molecule has 0 aliphatic heterocycles. The third-order valence-corrected chi connectivity index (χ3v) is 7.08. The van der Waals surface area contributed by atoms with E-state index in [0.29, 0.717) is 15.2 Å². The van der Waals surface area contributed by atoms with Crippen LogP contribution in [0.1, 0.15) is 23.2 Å². The van der Waals surface area contributed by atoms with Crippen molar-refractivity contribution >= 4 is 62.4 Å². The summed E-state index contributed by atoms with van der Waals surface area (Å²) in [7, 11) is 0. The maximum absolute atomic E-state index is 9.58. The molecule has 0 saturated heterocycles. The van der Waals surface area contributed by atoms with Crippen molar-refractivity contribution in [3.63, 3.8) is 0 Å². The Hall–Kier alpha value is -3.75. The zero-order valence-electron chi connectivity index (χ0n) is 23.1. The quantitative estimate of drug-likeness (QED) is 0.138. The molecule has 0 amide bonds. The van der Waals surface area contributed by atoms with Gasteiger partial charge in [0.1, 0.15) is 11.0 Å². The van der Waals surface area contributed by atoms with Crippen LogP contribution in [0.3, 0.4) is 0 Å². The maximum atomic E-state index is 9.58. The Morgan fingerprint density at radius 3 is 1.70 bits per heavy atom. The lowest BCUT2D eigenvalue weighted by Gasteiger charge is -2.17. The molecule has 0 radical (unpaired) electrons. The highest BCUT2D eigenvalue weighted by Gasteiger charge is 2.10. The summed E-state index contributed by atoms with van der Waals surface area (Å²) in [6.45, 7) is 0.00830. The Balaban J connectivity index is 0.000000163. The van der Waals surface area contributed by atoms with Crippen molar-refractivity contribution < 1.29 is 10.2 Å². The standard InChI is InChI=1S/C17H15ClN2O.C9H5Cl2N.C8H11NO/c18-14-7-8-15-13(10-14)6-9-17(19-15)20-16(11-21)12-4-2-1-3-5-12;10-7-2-3-8-6(5-7)1-4-9(11)12-8;9-8(6-10)7-4-2-1-3-5-7/h1-10,16,21H,11H2,(H,19,20);1-5H;1-5,8,10H,6,9H2. The maximum Gasteiger partial charge on any atom is 0.129 e. The van der Waals surface area contributed by atoms with Gasteiger partial charge in [-0.1, -0.05) is 95.5 Å². The number of benzene rings is 4. The van der Waals surface area contributed by atoms with Gasteiger partial charge < -0.3 is 21.3 Å². The SMILES string of the molecule is Clc1ccc2nc(Cl)ccc2c1.NC(CO)c1ccccc1.OCC(Nc1ccc2cc(Cl)ccc2n1)c1ccccc1. The number of nitrogens with zero attached hydrogens (tertiary/aromatic N) is 2. The molecule has 4 aromatic carbocycles. The van der Waals surface area contributed by atoms with E-state index >= 15 is 0 Å². The normalized spacial score (nSPS) is 12.0. The average Bonchev–Trinajstić information content (AvgIpc) is 3.05. The van der Waals surface area contributed by atoms with Crippen LogP contribution in [0.2, 0.25) is 15.2 Å². The van der Waals surface area contributed by atoms with Crippen LogP contribution in [0, 0.1) is 0 Å². The zero-order valence-corrected chi connectivity index (χ0v) is 25.4. The second kappa shape index (κ2) is 16.2. The molecule has 0 aliphatic carbocycles. The number of nitrogens with two attached hydrogens (primary N) is 1. The molecule has 2 heterocycles. The minimum Gasteiger partial charge on any atom is -0.394 e. The summed E-state index contributed by atoms with van der Waals surface area (Å²) in [5.74, 6) is 0.729. The number of rotatable bonds is 6. The lowest BCUT2D eigenvalue weighted by Crippen LogP contribution is -2.15. The number of hydrogen-bond acceptors (Lipinski definition) is 6. The molecular weight excluding hydrogens is 603 g/mol. The molecule has 43 heavy (non-hydrogen) atoms. The average molecular weight is 634 g/mol. The van der Waals surface area contributed by atoms with Crippen molar-refractivity contribution in [3.05, 3.63) is 148 Å². The Morgan fingerprint density at radius 2 is 1.14 bits per heavy atom. The molecule has 6 rings (SSSR count). The molecule has 0 bridgehead atoms. The van der Waals surface area contributed by atoms with Gasteiger partial charge in [-0.05, 0) is 71.8 Å². The van der Waals surface area contributed by atoms with E-state index in [1.807, 2.05) is 109 Å². The van der Waals surface area contributed by atoms with Gasteiger partial charge in [0, 0.05) is 20.8 Å². The van der Waals surface area contributed by atoms with Crippen molar-refractivity contribution in [2.75, 3.05) is 18.5 Å². The van der Waals surface area contributed by atoms with Crippen LogP contribution < -0.4 is 11.1 Å². The lowest BCUT2D eigenvalue weighted by atomic mass is 10.1. The van der Waals surface area contributed by atoms with Gasteiger partial charge in [-0.3, -0.25) is 0 Å². The molecule has 5 N–H and O–H groups in total. The van der Waals surface area contributed by atoms with Crippen LogP contribution in [0.5, 0.6) is 0 Å². The molecule has 0 fully saturated rings. The minimum atomic E-state index is -0.235. The zero-order chi connectivity index (χ0) is 30.6. The third-order valence-electron chi connectivity index (χ3n) is 6.40. The highest BCUT2D eigenvalue weighted by molar-refractivity contribution is 6.32. The molecule has 2 aromatic heterocycles. The first-order chi connectivity index (χ1) is 20.9. The van der Waals surface area contributed by atoms with Crippen LogP contribution in [0.25, 0.3) is 21.8 Å². The summed E-state index contributed by atoms with van der Waals surface area (Å²) in [6, 6.07) is 37.6. The summed E-state index contributed by atoms with van der Waals surface area (Å²) in [5.41, 5.74) is 9.28. The number of aliphatic hydroxyl groups is 2.